The number of amides is 1. The van der Waals surface area contributed by atoms with Crippen LogP contribution in [0.2, 0.25) is 5.15 Å². The molecule has 1 amide bonds. The molecule has 2 rings (SSSR count). The SMILES string of the molecule is CCC1CCCCC1NC(=O)c1cccc(Cl)n1. The first-order valence-electron chi connectivity index (χ1n) is 6.64. The Labute approximate surface area is 113 Å². The molecule has 0 aliphatic heterocycles. The predicted molar refractivity (Wildman–Crippen MR) is 72.8 cm³/mol. The van der Waals surface area contributed by atoms with Gasteiger partial charge in [0.05, 0.1) is 0 Å². The van der Waals surface area contributed by atoms with Gasteiger partial charge in [0.2, 0.25) is 0 Å². The van der Waals surface area contributed by atoms with Crippen LogP contribution in [0.5, 0.6) is 0 Å². The summed E-state index contributed by atoms with van der Waals surface area (Å²) in [4.78, 5) is 16.1. The lowest BCUT2D eigenvalue weighted by atomic mass is 9.83. The zero-order chi connectivity index (χ0) is 13.0. The summed E-state index contributed by atoms with van der Waals surface area (Å²) in [5.74, 6) is 0.490. The minimum absolute atomic E-state index is 0.108. The number of hydrogen-bond acceptors (Lipinski definition) is 2. The number of rotatable bonds is 3. The molecule has 1 aromatic rings. The topological polar surface area (TPSA) is 42.0 Å². The summed E-state index contributed by atoms with van der Waals surface area (Å²) in [6.45, 7) is 2.19. The fourth-order valence-corrected chi connectivity index (χ4v) is 2.83. The summed E-state index contributed by atoms with van der Waals surface area (Å²) in [6.07, 6.45) is 5.88. The summed E-state index contributed by atoms with van der Waals surface area (Å²) in [7, 11) is 0. The van der Waals surface area contributed by atoms with Crippen molar-refractivity contribution in [2.75, 3.05) is 0 Å². The number of aromatic nitrogens is 1. The number of hydrogen-bond donors (Lipinski definition) is 1. The van der Waals surface area contributed by atoms with Crippen molar-refractivity contribution in [3.63, 3.8) is 0 Å². The third-order valence-electron chi connectivity index (χ3n) is 3.70. The standard InChI is InChI=1S/C14H19ClN2O/c1-2-10-6-3-4-7-11(10)17-14(18)12-8-5-9-13(15)16-12/h5,8-11H,2-4,6-7H2,1H3,(H,17,18). The van der Waals surface area contributed by atoms with Crippen LogP contribution in [0, 0.1) is 5.92 Å². The molecule has 1 fully saturated rings. The summed E-state index contributed by atoms with van der Waals surface area (Å²) in [6, 6.07) is 5.42. The molecule has 2 atom stereocenters. The lowest BCUT2D eigenvalue weighted by molar-refractivity contribution is 0.0899. The average molecular weight is 267 g/mol. The quantitative estimate of drug-likeness (QED) is 0.852. The van der Waals surface area contributed by atoms with Gasteiger partial charge in [0, 0.05) is 6.04 Å². The molecule has 3 nitrogen and oxygen atoms in total. The fourth-order valence-electron chi connectivity index (χ4n) is 2.66. The second kappa shape index (κ2) is 6.19. The van der Waals surface area contributed by atoms with E-state index in [0.717, 1.165) is 12.8 Å². The molecule has 1 saturated carbocycles. The molecule has 0 spiro atoms. The molecule has 0 saturated heterocycles. The van der Waals surface area contributed by atoms with Crippen molar-refractivity contribution in [3.05, 3.63) is 29.0 Å². The van der Waals surface area contributed by atoms with Crippen LogP contribution >= 0.6 is 11.6 Å². The number of carbonyl (C=O) groups is 1. The summed E-state index contributed by atoms with van der Waals surface area (Å²) >= 11 is 5.80. The van der Waals surface area contributed by atoms with Crippen LogP contribution in [0.15, 0.2) is 18.2 Å². The Morgan fingerprint density at radius 1 is 1.44 bits per heavy atom. The third-order valence-corrected chi connectivity index (χ3v) is 3.91. The molecule has 0 aromatic carbocycles. The Morgan fingerprint density at radius 3 is 2.94 bits per heavy atom. The van der Waals surface area contributed by atoms with Gasteiger partial charge in [0.1, 0.15) is 10.8 Å². The minimum Gasteiger partial charge on any atom is -0.348 e. The minimum atomic E-state index is -0.108. The van der Waals surface area contributed by atoms with E-state index in [0.29, 0.717) is 16.8 Å². The van der Waals surface area contributed by atoms with E-state index in [4.69, 9.17) is 11.6 Å². The first kappa shape index (κ1) is 13.3. The highest BCUT2D eigenvalue weighted by atomic mass is 35.5. The molecule has 1 aromatic heterocycles. The maximum absolute atomic E-state index is 12.1. The number of halogens is 1. The van der Waals surface area contributed by atoms with Crippen molar-refractivity contribution < 1.29 is 4.79 Å². The van der Waals surface area contributed by atoms with E-state index in [1.54, 1.807) is 18.2 Å². The van der Waals surface area contributed by atoms with E-state index in [9.17, 15) is 4.79 Å². The first-order valence-corrected chi connectivity index (χ1v) is 7.02. The summed E-state index contributed by atoms with van der Waals surface area (Å²) < 4.78 is 0. The molecule has 98 valence electrons. The van der Waals surface area contributed by atoms with E-state index in [2.05, 4.69) is 17.2 Å². The molecule has 1 aliphatic carbocycles. The number of nitrogens with zero attached hydrogens (tertiary/aromatic N) is 1. The van der Waals surface area contributed by atoms with Crippen LogP contribution < -0.4 is 5.32 Å². The van der Waals surface area contributed by atoms with Crippen molar-refractivity contribution in [3.8, 4) is 0 Å². The van der Waals surface area contributed by atoms with E-state index < -0.39 is 0 Å². The van der Waals surface area contributed by atoms with Gasteiger partial charge in [-0.1, -0.05) is 43.9 Å². The highest BCUT2D eigenvalue weighted by Gasteiger charge is 2.25. The summed E-state index contributed by atoms with van der Waals surface area (Å²) in [5.41, 5.74) is 0.405. The number of nitrogens with one attached hydrogen (secondary N) is 1. The highest BCUT2D eigenvalue weighted by Crippen LogP contribution is 2.26. The van der Waals surface area contributed by atoms with Crippen molar-refractivity contribution in [2.45, 2.75) is 45.1 Å². The van der Waals surface area contributed by atoms with Gasteiger partial charge in [-0.05, 0) is 30.9 Å². The molecular weight excluding hydrogens is 248 g/mol. The summed E-state index contributed by atoms with van der Waals surface area (Å²) in [5, 5.41) is 3.46. The maximum atomic E-state index is 12.1. The van der Waals surface area contributed by atoms with Crippen LogP contribution in [0.3, 0.4) is 0 Å². The third kappa shape index (κ3) is 3.22. The molecule has 18 heavy (non-hydrogen) atoms. The zero-order valence-electron chi connectivity index (χ0n) is 10.7. The van der Waals surface area contributed by atoms with Gasteiger partial charge in [0.15, 0.2) is 0 Å². The Kier molecular flexibility index (Phi) is 4.59. The van der Waals surface area contributed by atoms with Gasteiger partial charge >= 0.3 is 0 Å². The van der Waals surface area contributed by atoms with E-state index in [1.165, 1.54) is 19.3 Å². The van der Waals surface area contributed by atoms with E-state index in [-0.39, 0.29) is 11.9 Å². The van der Waals surface area contributed by atoms with Crippen molar-refractivity contribution in [1.29, 1.82) is 0 Å². The lowest BCUT2D eigenvalue weighted by Crippen LogP contribution is -2.42. The first-order chi connectivity index (χ1) is 8.70. The second-order valence-corrected chi connectivity index (χ2v) is 5.27. The predicted octanol–water partition coefficient (Wildman–Crippen LogP) is 3.43. The van der Waals surface area contributed by atoms with Gasteiger partial charge in [-0.3, -0.25) is 4.79 Å². The Morgan fingerprint density at radius 2 is 2.22 bits per heavy atom. The van der Waals surface area contributed by atoms with Gasteiger partial charge in [0.25, 0.3) is 5.91 Å². The van der Waals surface area contributed by atoms with Gasteiger partial charge in [-0.15, -0.1) is 0 Å². The molecule has 1 heterocycles. The van der Waals surface area contributed by atoms with Gasteiger partial charge < -0.3 is 5.32 Å². The maximum Gasteiger partial charge on any atom is 0.270 e. The van der Waals surface area contributed by atoms with E-state index in [1.807, 2.05) is 0 Å². The fraction of sp³-hybridized carbons (Fsp3) is 0.571. The Hall–Kier alpha value is -1.09. The molecule has 1 aliphatic rings. The molecule has 0 bridgehead atoms. The van der Waals surface area contributed by atoms with Crippen LogP contribution in [0.25, 0.3) is 0 Å². The Balaban J connectivity index is 2.02. The molecular formula is C14H19ClN2O. The van der Waals surface area contributed by atoms with Crippen LogP contribution in [0.1, 0.15) is 49.5 Å². The normalized spacial score (nSPS) is 23.7. The molecule has 0 radical (unpaired) electrons. The highest BCUT2D eigenvalue weighted by molar-refractivity contribution is 6.29. The zero-order valence-corrected chi connectivity index (χ0v) is 11.4. The van der Waals surface area contributed by atoms with Crippen molar-refractivity contribution in [2.24, 2.45) is 5.92 Å². The average Bonchev–Trinajstić information content (AvgIpc) is 2.39. The van der Waals surface area contributed by atoms with Crippen molar-refractivity contribution >= 4 is 17.5 Å². The van der Waals surface area contributed by atoms with Crippen molar-refractivity contribution in [1.82, 2.24) is 10.3 Å². The molecule has 4 heteroatoms. The van der Waals surface area contributed by atoms with E-state index >= 15 is 0 Å². The largest absolute Gasteiger partial charge is 0.348 e. The van der Waals surface area contributed by atoms with Crippen LogP contribution in [-0.4, -0.2) is 16.9 Å². The second-order valence-electron chi connectivity index (χ2n) is 4.88. The van der Waals surface area contributed by atoms with Gasteiger partial charge in [-0.25, -0.2) is 4.98 Å². The molecule has 2 unspecified atom stereocenters. The molecule has 1 N–H and O–H groups in total. The number of pyridine rings is 1. The smallest absolute Gasteiger partial charge is 0.270 e. The number of carbonyl (C=O) groups excluding carboxylic acids is 1. The monoisotopic (exact) mass is 266 g/mol. The van der Waals surface area contributed by atoms with Crippen LogP contribution in [-0.2, 0) is 0 Å². The van der Waals surface area contributed by atoms with Crippen LogP contribution in [0.4, 0.5) is 0 Å². The Bertz CT molecular complexity index is 422. The van der Waals surface area contributed by atoms with Gasteiger partial charge in [-0.2, -0.15) is 0 Å². The lowest BCUT2D eigenvalue weighted by Gasteiger charge is -2.31.